The Labute approximate surface area is 105 Å². The van der Waals surface area contributed by atoms with Crippen LogP contribution < -0.4 is 10.5 Å². The first-order valence-corrected chi connectivity index (χ1v) is 5.69. The van der Waals surface area contributed by atoms with Crippen LogP contribution in [0.3, 0.4) is 0 Å². The van der Waals surface area contributed by atoms with E-state index in [1.165, 1.54) is 5.56 Å². The summed E-state index contributed by atoms with van der Waals surface area (Å²) in [7, 11) is 1.66. The van der Waals surface area contributed by atoms with E-state index in [9.17, 15) is 0 Å². The smallest absolute Gasteiger partial charge is 0.199 e. The zero-order chi connectivity index (χ0) is 12.3. The fourth-order valence-corrected chi connectivity index (χ4v) is 1.90. The van der Waals surface area contributed by atoms with Crippen molar-refractivity contribution in [2.24, 2.45) is 0 Å². The molecule has 0 aliphatic rings. The molecule has 4 nitrogen and oxygen atoms in total. The molecule has 0 aliphatic carbocycles. The van der Waals surface area contributed by atoms with E-state index in [0.717, 1.165) is 24.3 Å². The molecule has 0 unspecified atom stereocenters. The Kier molecular flexibility index (Phi) is 3.54. The maximum Gasteiger partial charge on any atom is 0.199 e. The van der Waals surface area contributed by atoms with E-state index < -0.39 is 0 Å². The zero-order valence-electron chi connectivity index (χ0n) is 9.53. The van der Waals surface area contributed by atoms with Crippen molar-refractivity contribution in [2.45, 2.75) is 12.8 Å². The van der Waals surface area contributed by atoms with Crippen LogP contribution in [0.15, 0.2) is 24.3 Å². The summed E-state index contributed by atoms with van der Waals surface area (Å²) >= 11 is 5.92. The molecule has 1 aromatic carbocycles. The first-order chi connectivity index (χ1) is 8.19. The van der Waals surface area contributed by atoms with Gasteiger partial charge in [0.25, 0.3) is 0 Å². The highest BCUT2D eigenvalue weighted by Gasteiger charge is 2.06. The maximum absolute atomic E-state index is 5.92. The van der Waals surface area contributed by atoms with E-state index in [1.807, 2.05) is 18.2 Å². The van der Waals surface area contributed by atoms with E-state index in [2.05, 4.69) is 16.0 Å². The zero-order valence-corrected chi connectivity index (χ0v) is 10.3. The molecule has 0 saturated carbocycles. The Balaban J connectivity index is 2.04. The van der Waals surface area contributed by atoms with E-state index >= 15 is 0 Å². The standard InChI is InChI=1S/C12H14ClN3O/c1-17-9-4-2-3-8(7-9)5-6-10-11(13)16-12(14)15-10/h2-4,7H,5-6H2,1H3,(H3,14,15,16). The number of imidazole rings is 1. The Hall–Kier alpha value is -1.68. The average Bonchev–Trinajstić information content (AvgIpc) is 2.65. The minimum atomic E-state index is 0.357. The van der Waals surface area contributed by atoms with Gasteiger partial charge in [0.15, 0.2) is 11.1 Å². The van der Waals surface area contributed by atoms with Gasteiger partial charge in [-0.25, -0.2) is 4.98 Å². The van der Waals surface area contributed by atoms with Gasteiger partial charge in [-0.1, -0.05) is 23.7 Å². The molecule has 5 heteroatoms. The second-order valence-electron chi connectivity index (χ2n) is 3.74. The van der Waals surface area contributed by atoms with Gasteiger partial charge < -0.3 is 15.5 Å². The van der Waals surface area contributed by atoms with Crippen molar-refractivity contribution in [1.82, 2.24) is 9.97 Å². The highest BCUT2D eigenvalue weighted by molar-refractivity contribution is 6.30. The maximum atomic E-state index is 5.92. The number of H-pyrrole nitrogens is 1. The molecule has 2 aromatic rings. The van der Waals surface area contributed by atoms with Gasteiger partial charge in [0.05, 0.1) is 12.8 Å². The number of methoxy groups -OCH3 is 1. The number of rotatable bonds is 4. The van der Waals surface area contributed by atoms with Gasteiger partial charge in [-0.05, 0) is 30.5 Å². The number of nitrogens with zero attached hydrogens (tertiary/aromatic N) is 1. The number of nitrogens with two attached hydrogens (primary N) is 1. The summed E-state index contributed by atoms with van der Waals surface area (Å²) in [5.74, 6) is 1.22. The molecule has 0 saturated heterocycles. The van der Waals surface area contributed by atoms with Gasteiger partial charge in [0, 0.05) is 0 Å². The van der Waals surface area contributed by atoms with E-state index in [-0.39, 0.29) is 0 Å². The fraction of sp³-hybridized carbons (Fsp3) is 0.250. The van der Waals surface area contributed by atoms with Crippen LogP contribution in [0.25, 0.3) is 0 Å². The molecular formula is C12H14ClN3O. The summed E-state index contributed by atoms with van der Waals surface area (Å²) in [4.78, 5) is 6.87. The number of nitrogen functional groups attached to an aromatic ring is 1. The van der Waals surface area contributed by atoms with Crippen LogP contribution in [0.4, 0.5) is 5.95 Å². The SMILES string of the molecule is COc1cccc(CCc2[nH]c(N)nc2Cl)c1. The Bertz CT molecular complexity index is 510. The topological polar surface area (TPSA) is 63.9 Å². The second kappa shape index (κ2) is 5.10. The summed E-state index contributed by atoms with van der Waals surface area (Å²) in [6.45, 7) is 0. The van der Waals surface area contributed by atoms with Gasteiger partial charge in [-0.15, -0.1) is 0 Å². The lowest BCUT2D eigenvalue weighted by Gasteiger charge is -2.03. The van der Waals surface area contributed by atoms with Crippen molar-refractivity contribution in [2.75, 3.05) is 12.8 Å². The number of aromatic nitrogens is 2. The number of hydrogen-bond donors (Lipinski definition) is 2. The van der Waals surface area contributed by atoms with Crippen LogP contribution in [0, 0.1) is 0 Å². The Morgan fingerprint density at radius 3 is 2.88 bits per heavy atom. The minimum absolute atomic E-state index is 0.357. The van der Waals surface area contributed by atoms with Crippen LogP contribution >= 0.6 is 11.6 Å². The Morgan fingerprint density at radius 1 is 1.41 bits per heavy atom. The van der Waals surface area contributed by atoms with Gasteiger partial charge in [0.1, 0.15) is 5.75 Å². The van der Waals surface area contributed by atoms with Crippen LogP contribution in [-0.4, -0.2) is 17.1 Å². The molecule has 2 rings (SSSR count). The molecule has 0 radical (unpaired) electrons. The summed E-state index contributed by atoms with van der Waals surface area (Å²) in [5.41, 5.74) is 7.58. The van der Waals surface area contributed by atoms with Gasteiger partial charge in [-0.3, -0.25) is 0 Å². The fourth-order valence-electron chi connectivity index (χ4n) is 1.67. The number of aromatic amines is 1. The van der Waals surface area contributed by atoms with Crippen LogP contribution in [0.1, 0.15) is 11.3 Å². The normalized spacial score (nSPS) is 10.5. The minimum Gasteiger partial charge on any atom is -0.497 e. The average molecular weight is 252 g/mol. The first kappa shape index (κ1) is 11.8. The third kappa shape index (κ3) is 2.91. The first-order valence-electron chi connectivity index (χ1n) is 5.32. The lowest BCUT2D eigenvalue weighted by molar-refractivity contribution is 0.414. The molecule has 0 amide bonds. The highest BCUT2D eigenvalue weighted by Crippen LogP contribution is 2.18. The van der Waals surface area contributed by atoms with E-state index in [1.54, 1.807) is 7.11 Å². The highest BCUT2D eigenvalue weighted by atomic mass is 35.5. The lowest BCUT2D eigenvalue weighted by Crippen LogP contribution is -1.94. The molecule has 0 aliphatic heterocycles. The largest absolute Gasteiger partial charge is 0.497 e. The van der Waals surface area contributed by atoms with Crippen molar-refractivity contribution >= 4 is 17.5 Å². The summed E-state index contributed by atoms with van der Waals surface area (Å²) < 4.78 is 5.17. The number of ether oxygens (including phenoxy) is 1. The predicted molar refractivity (Wildman–Crippen MR) is 68.4 cm³/mol. The third-order valence-electron chi connectivity index (χ3n) is 2.54. The molecule has 3 N–H and O–H groups in total. The second-order valence-corrected chi connectivity index (χ2v) is 4.10. The van der Waals surface area contributed by atoms with Crippen LogP contribution in [0.5, 0.6) is 5.75 Å². The lowest BCUT2D eigenvalue weighted by atomic mass is 10.1. The van der Waals surface area contributed by atoms with Crippen molar-refractivity contribution in [3.63, 3.8) is 0 Å². The van der Waals surface area contributed by atoms with E-state index in [0.29, 0.717) is 11.1 Å². The van der Waals surface area contributed by atoms with Crippen LogP contribution in [-0.2, 0) is 12.8 Å². The molecule has 1 aromatic heterocycles. The number of aryl methyl sites for hydroxylation is 2. The molecule has 0 atom stereocenters. The quantitative estimate of drug-likeness (QED) is 0.877. The monoisotopic (exact) mass is 251 g/mol. The number of benzene rings is 1. The number of hydrogen-bond acceptors (Lipinski definition) is 3. The van der Waals surface area contributed by atoms with Crippen LogP contribution in [0.2, 0.25) is 5.15 Å². The van der Waals surface area contributed by atoms with Gasteiger partial charge in [-0.2, -0.15) is 0 Å². The van der Waals surface area contributed by atoms with Gasteiger partial charge >= 0.3 is 0 Å². The number of halogens is 1. The van der Waals surface area contributed by atoms with E-state index in [4.69, 9.17) is 22.1 Å². The molecule has 0 bridgehead atoms. The van der Waals surface area contributed by atoms with Crippen molar-refractivity contribution < 1.29 is 4.74 Å². The Morgan fingerprint density at radius 2 is 2.24 bits per heavy atom. The third-order valence-corrected chi connectivity index (χ3v) is 2.86. The number of nitrogens with one attached hydrogen (secondary N) is 1. The molecular weight excluding hydrogens is 238 g/mol. The molecule has 90 valence electrons. The van der Waals surface area contributed by atoms with Crippen molar-refractivity contribution in [1.29, 1.82) is 0 Å². The summed E-state index contributed by atoms with van der Waals surface area (Å²) in [6.07, 6.45) is 1.63. The molecule has 17 heavy (non-hydrogen) atoms. The number of anilines is 1. The molecule has 0 fully saturated rings. The molecule has 1 heterocycles. The summed E-state index contributed by atoms with van der Waals surface area (Å²) in [6, 6.07) is 7.95. The van der Waals surface area contributed by atoms with Crippen molar-refractivity contribution in [3.05, 3.63) is 40.7 Å². The van der Waals surface area contributed by atoms with Crippen molar-refractivity contribution in [3.8, 4) is 5.75 Å². The predicted octanol–water partition coefficient (Wildman–Crippen LogP) is 2.44. The molecule has 0 spiro atoms. The summed E-state index contributed by atoms with van der Waals surface area (Å²) in [5, 5.41) is 0.449. The van der Waals surface area contributed by atoms with Gasteiger partial charge in [0.2, 0.25) is 0 Å².